The molecule has 0 atom stereocenters. The summed E-state index contributed by atoms with van der Waals surface area (Å²) in [7, 11) is 0. The number of aromatic nitrogens is 1. The van der Waals surface area contributed by atoms with Crippen LogP contribution in [0.15, 0.2) is 54.0 Å². The van der Waals surface area contributed by atoms with Crippen LogP contribution in [-0.2, 0) is 13.2 Å². The van der Waals surface area contributed by atoms with E-state index in [9.17, 15) is 0 Å². The van der Waals surface area contributed by atoms with Gasteiger partial charge in [0.15, 0.2) is 5.13 Å². The van der Waals surface area contributed by atoms with Crippen molar-refractivity contribution in [2.45, 2.75) is 13.2 Å². The fourth-order valence-electron chi connectivity index (χ4n) is 2.07. The first-order valence-electron chi connectivity index (χ1n) is 7.00. The van der Waals surface area contributed by atoms with E-state index in [2.05, 4.69) is 10.3 Å². The highest BCUT2D eigenvalue weighted by molar-refractivity contribution is 7.13. The molecule has 23 heavy (non-hydrogen) atoms. The second kappa shape index (κ2) is 7.68. The van der Waals surface area contributed by atoms with Gasteiger partial charge in [-0.15, -0.1) is 11.3 Å². The van der Waals surface area contributed by atoms with Gasteiger partial charge in [-0.25, -0.2) is 4.98 Å². The highest BCUT2D eigenvalue weighted by atomic mass is 35.5. The Bertz CT molecular complexity index is 778. The van der Waals surface area contributed by atoms with Gasteiger partial charge in [-0.2, -0.15) is 0 Å². The minimum atomic E-state index is 0.393. The molecule has 1 heterocycles. The smallest absolute Gasteiger partial charge is 0.182 e. The quantitative estimate of drug-likeness (QED) is 0.614. The molecule has 0 bridgehead atoms. The van der Waals surface area contributed by atoms with E-state index in [4.69, 9.17) is 27.9 Å². The van der Waals surface area contributed by atoms with Crippen molar-refractivity contribution in [3.05, 3.63) is 75.2 Å². The molecule has 3 aromatic rings. The molecule has 0 aliphatic carbocycles. The molecule has 118 valence electrons. The average molecular weight is 365 g/mol. The SMILES string of the molecule is Clc1ccc(COc2ccccc2CNc2nccs2)c(Cl)c1. The molecule has 1 N–H and O–H groups in total. The van der Waals surface area contributed by atoms with Gasteiger partial charge in [0.25, 0.3) is 0 Å². The van der Waals surface area contributed by atoms with Crippen LogP contribution in [0.3, 0.4) is 0 Å². The minimum Gasteiger partial charge on any atom is -0.488 e. The molecule has 0 saturated carbocycles. The lowest BCUT2D eigenvalue weighted by Crippen LogP contribution is -2.03. The second-order valence-electron chi connectivity index (χ2n) is 4.82. The van der Waals surface area contributed by atoms with E-state index in [1.807, 2.05) is 41.8 Å². The van der Waals surface area contributed by atoms with Gasteiger partial charge in [-0.3, -0.25) is 0 Å². The van der Waals surface area contributed by atoms with Crippen molar-refractivity contribution in [3.63, 3.8) is 0 Å². The Kier molecular flexibility index (Phi) is 5.39. The van der Waals surface area contributed by atoms with Crippen molar-refractivity contribution in [1.82, 2.24) is 4.98 Å². The number of thiazole rings is 1. The third kappa shape index (κ3) is 4.38. The monoisotopic (exact) mass is 364 g/mol. The van der Waals surface area contributed by atoms with Crippen molar-refractivity contribution in [1.29, 1.82) is 0 Å². The fraction of sp³-hybridized carbons (Fsp3) is 0.118. The highest BCUT2D eigenvalue weighted by Crippen LogP contribution is 2.25. The third-order valence-corrected chi connectivity index (χ3v) is 4.55. The zero-order valence-corrected chi connectivity index (χ0v) is 14.5. The Labute approximate surface area is 148 Å². The number of rotatable bonds is 6. The summed E-state index contributed by atoms with van der Waals surface area (Å²) in [5, 5.41) is 7.33. The summed E-state index contributed by atoms with van der Waals surface area (Å²) in [5.74, 6) is 0.822. The lowest BCUT2D eigenvalue weighted by Gasteiger charge is -2.12. The molecule has 0 unspecified atom stereocenters. The molecule has 1 aromatic heterocycles. The number of nitrogens with zero attached hydrogens (tertiary/aromatic N) is 1. The topological polar surface area (TPSA) is 34.1 Å². The normalized spacial score (nSPS) is 10.5. The Morgan fingerprint density at radius 3 is 2.74 bits per heavy atom. The maximum Gasteiger partial charge on any atom is 0.182 e. The average Bonchev–Trinajstić information content (AvgIpc) is 3.06. The Hall–Kier alpha value is -1.75. The van der Waals surface area contributed by atoms with Gasteiger partial charge in [0.2, 0.25) is 0 Å². The lowest BCUT2D eigenvalue weighted by atomic mass is 10.2. The number of halogens is 2. The van der Waals surface area contributed by atoms with Gasteiger partial charge in [0.05, 0.1) is 0 Å². The zero-order chi connectivity index (χ0) is 16.1. The lowest BCUT2D eigenvalue weighted by molar-refractivity contribution is 0.303. The van der Waals surface area contributed by atoms with Gasteiger partial charge in [0.1, 0.15) is 12.4 Å². The van der Waals surface area contributed by atoms with Gasteiger partial charge < -0.3 is 10.1 Å². The Morgan fingerprint density at radius 2 is 1.96 bits per heavy atom. The number of para-hydroxylation sites is 1. The summed E-state index contributed by atoms with van der Waals surface area (Å²) < 4.78 is 5.93. The van der Waals surface area contributed by atoms with Crippen molar-refractivity contribution in [2.24, 2.45) is 0 Å². The standard InChI is InChI=1S/C17H14Cl2N2OS/c18-14-6-5-13(15(19)9-14)11-22-16-4-2-1-3-12(16)10-21-17-20-7-8-23-17/h1-9H,10-11H2,(H,20,21). The van der Waals surface area contributed by atoms with Gasteiger partial charge in [-0.05, 0) is 18.2 Å². The summed E-state index contributed by atoms with van der Waals surface area (Å²) in [5.41, 5.74) is 1.96. The molecule has 3 nitrogen and oxygen atoms in total. The number of benzene rings is 2. The van der Waals surface area contributed by atoms with E-state index in [-0.39, 0.29) is 0 Å². The molecule has 0 aliphatic heterocycles. The van der Waals surface area contributed by atoms with E-state index in [1.54, 1.807) is 23.6 Å². The van der Waals surface area contributed by atoms with Gasteiger partial charge >= 0.3 is 0 Å². The van der Waals surface area contributed by atoms with Crippen LogP contribution in [-0.4, -0.2) is 4.98 Å². The number of ether oxygens (including phenoxy) is 1. The van der Waals surface area contributed by atoms with Crippen LogP contribution in [0.4, 0.5) is 5.13 Å². The van der Waals surface area contributed by atoms with Gasteiger partial charge in [-0.1, -0.05) is 47.5 Å². The largest absolute Gasteiger partial charge is 0.488 e. The molecular formula is C17H14Cl2N2OS. The van der Waals surface area contributed by atoms with Crippen LogP contribution in [0.25, 0.3) is 0 Å². The number of hydrogen-bond donors (Lipinski definition) is 1. The minimum absolute atomic E-state index is 0.393. The van der Waals surface area contributed by atoms with Crippen molar-refractivity contribution in [3.8, 4) is 5.75 Å². The molecule has 0 radical (unpaired) electrons. The molecule has 0 fully saturated rings. The first-order valence-corrected chi connectivity index (χ1v) is 8.64. The first kappa shape index (κ1) is 16.1. The Balaban J connectivity index is 1.67. The van der Waals surface area contributed by atoms with E-state index in [0.717, 1.165) is 22.0 Å². The van der Waals surface area contributed by atoms with Crippen molar-refractivity contribution >= 4 is 39.7 Å². The summed E-state index contributed by atoms with van der Waals surface area (Å²) in [6.07, 6.45) is 1.78. The zero-order valence-electron chi connectivity index (χ0n) is 12.1. The second-order valence-corrected chi connectivity index (χ2v) is 6.56. The van der Waals surface area contributed by atoms with Crippen LogP contribution in [0.2, 0.25) is 10.0 Å². The van der Waals surface area contributed by atoms with E-state index >= 15 is 0 Å². The third-order valence-electron chi connectivity index (χ3n) is 3.23. The molecule has 0 amide bonds. The van der Waals surface area contributed by atoms with Crippen LogP contribution in [0.5, 0.6) is 5.75 Å². The molecular weight excluding hydrogens is 351 g/mol. The maximum atomic E-state index is 6.18. The van der Waals surface area contributed by atoms with Crippen LogP contribution < -0.4 is 10.1 Å². The molecule has 0 saturated heterocycles. The van der Waals surface area contributed by atoms with Crippen LogP contribution >= 0.6 is 34.5 Å². The predicted octanol–water partition coefficient (Wildman–Crippen LogP) is 5.64. The first-order chi connectivity index (χ1) is 11.2. The summed E-state index contributed by atoms with van der Waals surface area (Å²) in [6, 6.07) is 13.3. The highest BCUT2D eigenvalue weighted by Gasteiger charge is 2.06. The predicted molar refractivity (Wildman–Crippen MR) is 96.7 cm³/mol. The fourth-order valence-corrected chi connectivity index (χ4v) is 3.06. The number of anilines is 1. The van der Waals surface area contributed by atoms with Gasteiger partial charge in [0, 0.05) is 39.3 Å². The summed E-state index contributed by atoms with van der Waals surface area (Å²) >= 11 is 13.7. The summed E-state index contributed by atoms with van der Waals surface area (Å²) in [6.45, 7) is 1.04. The summed E-state index contributed by atoms with van der Waals surface area (Å²) in [4.78, 5) is 4.21. The number of nitrogens with one attached hydrogen (secondary N) is 1. The van der Waals surface area contributed by atoms with Crippen molar-refractivity contribution in [2.75, 3.05) is 5.32 Å². The Morgan fingerprint density at radius 1 is 1.09 bits per heavy atom. The van der Waals surface area contributed by atoms with E-state index in [1.165, 1.54) is 0 Å². The molecule has 6 heteroatoms. The molecule has 0 aliphatic rings. The number of hydrogen-bond acceptors (Lipinski definition) is 4. The van der Waals surface area contributed by atoms with Crippen LogP contribution in [0, 0.1) is 0 Å². The van der Waals surface area contributed by atoms with Crippen LogP contribution in [0.1, 0.15) is 11.1 Å². The molecule has 0 spiro atoms. The van der Waals surface area contributed by atoms with E-state index < -0.39 is 0 Å². The van der Waals surface area contributed by atoms with Crippen molar-refractivity contribution < 1.29 is 4.74 Å². The molecule has 3 rings (SSSR count). The maximum absolute atomic E-state index is 6.18. The molecule has 2 aromatic carbocycles. The van der Waals surface area contributed by atoms with E-state index in [0.29, 0.717) is 23.2 Å².